The maximum atomic E-state index is 8.74. The number of nitrogens with two attached hydrogens (primary N) is 1. The minimum absolute atomic E-state index is 0.0722. The van der Waals surface area contributed by atoms with E-state index in [2.05, 4.69) is 15.5 Å². The monoisotopic (exact) mass is 289 g/mol. The normalized spacial score (nSPS) is 11.6. The Morgan fingerprint density at radius 1 is 1.48 bits per heavy atom. The molecule has 112 valence electrons. The summed E-state index contributed by atoms with van der Waals surface area (Å²) in [4.78, 5) is 4.25. The van der Waals surface area contributed by atoms with Gasteiger partial charge in [-0.3, -0.25) is 0 Å². The van der Waals surface area contributed by atoms with Gasteiger partial charge in [-0.1, -0.05) is 5.16 Å². The zero-order chi connectivity index (χ0) is 15.2. The molecule has 4 N–H and O–H groups in total. The topological polar surface area (TPSA) is 97.7 Å². The van der Waals surface area contributed by atoms with Gasteiger partial charge in [0, 0.05) is 37.1 Å². The molecule has 1 aromatic carbocycles. The van der Waals surface area contributed by atoms with E-state index in [1.165, 1.54) is 0 Å². The Balaban J connectivity index is 2.09. The Morgan fingerprint density at radius 3 is 2.90 bits per heavy atom. The maximum absolute atomic E-state index is 8.74. The molecule has 0 atom stereocenters. The first-order valence-electron chi connectivity index (χ1n) is 6.47. The van der Waals surface area contributed by atoms with E-state index in [0.717, 1.165) is 17.1 Å². The van der Waals surface area contributed by atoms with Gasteiger partial charge in [0.15, 0.2) is 5.84 Å². The van der Waals surface area contributed by atoms with Crippen molar-refractivity contribution in [1.82, 2.24) is 14.9 Å². The zero-order valence-electron chi connectivity index (χ0n) is 12.1. The number of nitrogens with one attached hydrogen (secondary N) is 1. The molecule has 0 saturated heterocycles. The quantitative estimate of drug-likeness (QED) is 0.316. The zero-order valence-corrected chi connectivity index (χ0v) is 12.1. The third-order valence-corrected chi connectivity index (χ3v) is 3.20. The highest BCUT2D eigenvalue weighted by Crippen LogP contribution is 2.19. The van der Waals surface area contributed by atoms with Crippen LogP contribution < -0.4 is 15.8 Å². The second-order valence-electron chi connectivity index (χ2n) is 4.57. The van der Waals surface area contributed by atoms with Crippen molar-refractivity contribution in [3.05, 3.63) is 47.5 Å². The minimum atomic E-state index is 0.0722. The highest BCUT2D eigenvalue weighted by Gasteiger charge is 2.07. The maximum Gasteiger partial charge on any atom is 0.170 e. The van der Waals surface area contributed by atoms with Crippen LogP contribution in [-0.4, -0.2) is 27.7 Å². The van der Waals surface area contributed by atoms with E-state index in [-0.39, 0.29) is 5.84 Å². The predicted molar refractivity (Wildman–Crippen MR) is 79.3 cm³/mol. The van der Waals surface area contributed by atoms with Crippen molar-refractivity contribution in [2.45, 2.75) is 13.1 Å². The van der Waals surface area contributed by atoms with Crippen molar-refractivity contribution in [3.63, 3.8) is 0 Å². The van der Waals surface area contributed by atoms with Gasteiger partial charge in [0.1, 0.15) is 11.6 Å². The van der Waals surface area contributed by atoms with E-state index >= 15 is 0 Å². The molecular formula is C14H19N5O2. The van der Waals surface area contributed by atoms with Crippen LogP contribution in [0.1, 0.15) is 17.0 Å². The van der Waals surface area contributed by atoms with E-state index < -0.39 is 0 Å². The number of hydrogen-bond donors (Lipinski definition) is 3. The molecule has 0 amide bonds. The molecule has 0 aliphatic rings. The third kappa shape index (κ3) is 3.51. The lowest BCUT2D eigenvalue weighted by atomic mass is 10.1. The van der Waals surface area contributed by atoms with Crippen LogP contribution in [-0.2, 0) is 20.1 Å². The fourth-order valence-electron chi connectivity index (χ4n) is 2.01. The lowest BCUT2D eigenvalue weighted by molar-refractivity contribution is 0.318. The molecule has 0 saturated carbocycles. The van der Waals surface area contributed by atoms with Crippen LogP contribution in [0.4, 0.5) is 0 Å². The van der Waals surface area contributed by atoms with Crippen molar-refractivity contribution < 1.29 is 9.94 Å². The molecule has 0 spiro atoms. The lowest BCUT2D eigenvalue weighted by Gasteiger charge is -2.11. The van der Waals surface area contributed by atoms with E-state index in [1.54, 1.807) is 25.4 Å². The molecule has 1 aromatic heterocycles. The van der Waals surface area contributed by atoms with E-state index in [0.29, 0.717) is 18.7 Å². The van der Waals surface area contributed by atoms with Gasteiger partial charge in [0.25, 0.3) is 0 Å². The average Bonchev–Trinajstić information content (AvgIpc) is 2.91. The molecule has 21 heavy (non-hydrogen) atoms. The molecule has 7 heteroatoms. The largest absolute Gasteiger partial charge is 0.496 e. The number of amidine groups is 1. The highest BCUT2D eigenvalue weighted by atomic mass is 16.5. The summed E-state index contributed by atoms with van der Waals surface area (Å²) >= 11 is 0. The standard InChI is InChI=1S/C14H19N5O2/c1-19-6-5-17-13(19)9-16-8-11-7-10(14(15)18-20)3-4-12(11)21-2/h3-7,16,20H,8-9H2,1-2H3,(H2,15,18). The van der Waals surface area contributed by atoms with E-state index in [4.69, 9.17) is 15.7 Å². The first-order valence-corrected chi connectivity index (χ1v) is 6.47. The van der Waals surface area contributed by atoms with Gasteiger partial charge in [0.05, 0.1) is 13.7 Å². The molecule has 0 bridgehead atoms. The van der Waals surface area contributed by atoms with Crippen molar-refractivity contribution >= 4 is 5.84 Å². The van der Waals surface area contributed by atoms with Crippen LogP contribution in [0.2, 0.25) is 0 Å². The Morgan fingerprint density at radius 2 is 2.29 bits per heavy atom. The SMILES string of the molecule is COc1ccc(/C(N)=N/O)cc1CNCc1nccn1C. The first-order chi connectivity index (χ1) is 10.2. The summed E-state index contributed by atoms with van der Waals surface area (Å²) < 4.78 is 7.28. The molecular weight excluding hydrogens is 270 g/mol. The molecule has 7 nitrogen and oxygen atoms in total. The molecule has 0 unspecified atom stereocenters. The fraction of sp³-hybridized carbons (Fsp3) is 0.286. The number of rotatable bonds is 6. The van der Waals surface area contributed by atoms with Crippen molar-refractivity contribution in [2.24, 2.45) is 17.9 Å². The van der Waals surface area contributed by atoms with E-state index in [1.807, 2.05) is 23.9 Å². The summed E-state index contributed by atoms with van der Waals surface area (Å²) in [6.45, 7) is 1.23. The summed E-state index contributed by atoms with van der Waals surface area (Å²) in [5.74, 6) is 1.77. The van der Waals surface area contributed by atoms with Gasteiger partial charge in [-0.15, -0.1) is 0 Å². The Kier molecular flexibility index (Phi) is 4.78. The van der Waals surface area contributed by atoms with Crippen LogP contribution >= 0.6 is 0 Å². The summed E-state index contributed by atoms with van der Waals surface area (Å²) in [5, 5.41) is 15.0. The summed E-state index contributed by atoms with van der Waals surface area (Å²) in [6.07, 6.45) is 3.66. The Labute approximate surface area is 123 Å². The van der Waals surface area contributed by atoms with Crippen LogP contribution in [0.15, 0.2) is 35.7 Å². The van der Waals surface area contributed by atoms with Crippen molar-refractivity contribution in [1.29, 1.82) is 0 Å². The summed E-state index contributed by atoms with van der Waals surface area (Å²) in [7, 11) is 3.56. The van der Waals surface area contributed by atoms with Gasteiger partial charge in [0.2, 0.25) is 0 Å². The Hall–Kier alpha value is -2.54. The number of ether oxygens (including phenoxy) is 1. The number of oxime groups is 1. The molecule has 2 rings (SSSR count). The van der Waals surface area contributed by atoms with Crippen LogP contribution in [0.25, 0.3) is 0 Å². The number of aryl methyl sites for hydroxylation is 1. The van der Waals surface area contributed by atoms with Gasteiger partial charge in [-0.2, -0.15) is 0 Å². The smallest absolute Gasteiger partial charge is 0.170 e. The number of benzene rings is 1. The number of hydrogen-bond acceptors (Lipinski definition) is 5. The predicted octanol–water partition coefficient (Wildman–Crippen LogP) is 0.813. The molecule has 1 heterocycles. The number of nitrogens with zero attached hydrogens (tertiary/aromatic N) is 3. The Bertz CT molecular complexity index is 636. The van der Waals surface area contributed by atoms with E-state index in [9.17, 15) is 0 Å². The summed E-state index contributed by atoms with van der Waals surface area (Å²) in [5.41, 5.74) is 7.18. The highest BCUT2D eigenvalue weighted by molar-refractivity contribution is 5.97. The first kappa shape index (κ1) is 14.9. The number of imidazole rings is 1. The molecule has 2 aromatic rings. The van der Waals surface area contributed by atoms with Crippen LogP contribution in [0.3, 0.4) is 0 Å². The van der Waals surface area contributed by atoms with Crippen LogP contribution in [0, 0.1) is 0 Å². The van der Waals surface area contributed by atoms with Gasteiger partial charge < -0.3 is 25.6 Å². The van der Waals surface area contributed by atoms with Gasteiger partial charge in [-0.05, 0) is 18.2 Å². The third-order valence-electron chi connectivity index (χ3n) is 3.20. The lowest BCUT2D eigenvalue weighted by Crippen LogP contribution is -2.18. The van der Waals surface area contributed by atoms with Crippen LogP contribution in [0.5, 0.6) is 5.75 Å². The number of aromatic nitrogens is 2. The molecule has 0 fully saturated rings. The molecule has 0 radical (unpaired) electrons. The van der Waals surface area contributed by atoms with Gasteiger partial charge in [-0.25, -0.2) is 4.98 Å². The molecule has 0 aliphatic heterocycles. The average molecular weight is 289 g/mol. The number of methoxy groups -OCH3 is 1. The molecule has 0 aliphatic carbocycles. The summed E-state index contributed by atoms with van der Waals surface area (Å²) in [6, 6.07) is 5.38. The fourth-order valence-corrected chi connectivity index (χ4v) is 2.01. The minimum Gasteiger partial charge on any atom is -0.496 e. The van der Waals surface area contributed by atoms with Crippen molar-refractivity contribution in [2.75, 3.05) is 7.11 Å². The van der Waals surface area contributed by atoms with Crippen molar-refractivity contribution in [3.8, 4) is 5.75 Å². The second kappa shape index (κ2) is 6.76. The van der Waals surface area contributed by atoms with Gasteiger partial charge >= 0.3 is 0 Å². The second-order valence-corrected chi connectivity index (χ2v) is 4.57.